The van der Waals surface area contributed by atoms with Crippen molar-refractivity contribution in [3.63, 3.8) is 0 Å². The summed E-state index contributed by atoms with van der Waals surface area (Å²) in [7, 11) is 1.72. The van der Waals surface area contributed by atoms with Gasteiger partial charge in [-0.15, -0.1) is 10.2 Å². The Morgan fingerprint density at radius 3 is 3.00 bits per heavy atom. The lowest BCUT2D eigenvalue weighted by Gasteiger charge is -2.02. The van der Waals surface area contributed by atoms with Crippen LogP contribution < -0.4 is 5.73 Å². The van der Waals surface area contributed by atoms with Crippen molar-refractivity contribution in [3.8, 4) is 0 Å². The maximum Gasteiger partial charge on any atom is 0.195 e. The van der Waals surface area contributed by atoms with E-state index in [1.807, 2.05) is 16.8 Å². The second kappa shape index (κ2) is 3.23. The third-order valence-corrected chi connectivity index (χ3v) is 2.41. The summed E-state index contributed by atoms with van der Waals surface area (Å²) < 4.78 is 0. The standard InChI is InChI=1S/C7H9N5S/c1-12-10-7(9-11-12)6(8)5-2-3-13-4-5/h2-4,6H,8H2,1H3. The summed E-state index contributed by atoms with van der Waals surface area (Å²) in [6.45, 7) is 0. The summed E-state index contributed by atoms with van der Waals surface area (Å²) in [5.74, 6) is 0.556. The van der Waals surface area contributed by atoms with E-state index in [0.717, 1.165) is 5.56 Å². The van der Waals surface area contributed by atoms with E-state index in [4.69, 9.17) is 5.73 Å². The summed E-state index contributed by atoms with van der Waals surface area (Å²) in [5, 5.41) is 15.6. The van der Waals surface area contributed by atoms with Crippen LogP contribution in [0.5, 0.6) is 0 Å². The Balaban J connectivity index is 2.28. The van der Waals surface area contributed by atoms with Crippen molar-refractivity contribution in [2.75, 3.05) is 0 Å². The molecular formula is C7H9N5S. The van der Waals surface area contributed by atoms with Crippen LogP contribution in [0.4, 0.5) is 0 Å². The van der Waals surface area contributed by atoms with Crippen molar-refractivity contribution in [3.05, 3.63) is 28.2 Å². The molecule has 0 amide bonds. The van der Waals surface area contributed by atoms with Crippen LogP contribution in [0.15, 0.2) is 16.8 Å². The average Bonchev–Trinajstić information content (AvgIpc) is 2.72. The lowest BCUT2D eigenvalue weighted by Crippen LogP contribution is -2.13. The van der Waals surface area contributed by atoms with Crippen LogP contribution in [-0.2, 0) is 7.05 Å². The zero-order valence-electron chi connectivity index (χ0n) is 7.08. The Morgan fingerprint density at radius 2 is 2.46 bits per heavy atom. The van der Waals surface area contributed by atoms with Gasteiger partial charge >= 0.3 is 0 Å². The molecule has 0 aliphatic heterocycles. The highest BCUT2D eigenvalue weighted by atomic mass is 32.1. The molecule has 1 unspecified atom stereocenters. The van der Waals surface area contributed by atoms with Crippen LogP contribution in [0.3, 0.4) is 0 Å². The summed E-state index contributed by atoms with van der Waals surface area (Å²) in [5.41, 5.74) is 6.93. The van der Waals surface area contributed by atoms with E-state index in [1.54, 1.807) is 18.4 Å². The highest BCUT2D eigenvalue weighted by molar-refractivity contribution is 7.07. The molecule has 2 heterocycles. The fourth-order valence-electron chi connectivity index (χ4n) is 1.02. The van der Waals surface area contributed by atoms with Crippen molar-refractivity contribution >= 4 is 11.3 Å². The van der Waals surface area contributed by atoms with E-state index >= 15 is 0 Å². The predicted octanol–water partition coefficient (Wildman–Crippen LogP) is 0.320. The molecule has 6 heteroatoms. The lowest BCUT2D eigenvalue weighted by molar-refractivity contribution is 0.625. The largest absolute Gasteiger partial charge is 0.317 e. The molecule has 0 bridgehead atoms. The first kappa shape index (κ1) is 8.33. The Hall–Kier alpha value is -1.27. The minimum absolute atomic E-state index is 0.264. The van der Waals surface area contributed by atoms with Crippen molar-refractivity contribution in [2.45, 2.75) is 6.04 Å². The molecule has 5 nitrogen and oxygen atoms in total. The van der Waals surface area contributed by atoms with Gasteiger partial charge in [-0.2, -0.15) is 16.1 Å². The number of thiophene rings is 1. The van der Waals surface area contributed by atoms with Gasteiger partial charge in [0.25, 0.3) is 0 Å². The number of aromatic nitrogens is 4. The molecular weight excluding hydrogens is 186 g/mol. The molecule has 13 heavy (non-hydrogen) atoms. The molecule has 2 rings (SSSR count). The highest BCUT2D eigenvalue weighted by Crippen LogP contribution is 2.17. The number of nitrogens with zero attached hydrogens (tertiary/aromatic N) is 4. The quantitative estimate of drug-likeness (QED) is 0.749. The molecule has 68 valence electrons. The predicted molar refractivity (Wildman–Crippen MR) is 49.1 cm³/mol. The summed E-state index contributed by atoms with van der Waals surface area (Å²) in [6, 6.07) is 1.70. The molecule has 2 aromatic rings. The monoisotopic (exact) mass is 195 g/mol. The molecule has 2 aromatic heterocycles. The summed E-state index contributed by atoms with van der Waals surface area (Å²) >= 11 is 1.61. The topological polar surface area (TPSA) is 69.6 Å². The lowest BCUT2D eigenvalue weighted by atomic mass is 10.1. The van der Waals surface area contributed by atoms with Gasteiger partial charge in [0.15, 0.2) is 5.82 Å². The summed E-state index contributed by atoms with van der Waals surface area (Å²) in [4.78, 5) is 1.40. The molecule has 1 atom stereocenters. The second-order valence-electron chi connectivity index (χ2n) is 2.67. The molecule has 0 saturated heterocycles. The van der Waals surface area contributed by atoms with Gasteiger partial charge in [0.1, 0.15) is 0 Å². The molecule has 0 radical (unpaired) electrons. The van der Waals surface area contributed by atoms with Crippen molar-refractivity contribution in [1.82, 2.24) is 20.2 Å². The highest BCUT2D eigenvalue weighted by Gasteiger charge is 2.13. The van der Waals surface area contributed by atoms with E-state index in [9.17, 15) is 0 Å². The van der Waals surface area contributed by atoms with Crippen molar-refractivity contribution < 1.29 is 0 Å². The van der Waals surface area contributed by atoms with Gasteiger partial charge in [-0.1, -0.05) is 0 Å². The van der Waals surface area contributed by atoms with Crippen LogP contribution in [0.25, 0.3) is 0 Å². The summed E-state index contributed by atoms with van der Waals surface area (Å²) in [6.07, 6.45) is 0. The maximum absolute atomic E-state index is 5.90. The zero-order valence-corrected chi connectivity index (χ0v) is 7.90. The Morgan fingerprint density at radius 1 is 1.62 bits per heavy atom. The average molecular weight is 195 g/mol. The van der Waals surface area contributed by atoms with Crippen LogP contribution in [0, 0.1) is 0 Å². The normalized spacial score (nSPS) is 13.1. The van der Waals surface area contributed by atoms with Crippen molar-refractivity contribution in [1.29, 1.82) is 0 Å². The number of hydrogen-bond acceptors (Lipinski definition) is 5. The second-order valence-corrected chi connectivity index (χ2v) is 3.45. The minimum Gasteiger partial charge on any atom is -0.317 e. The van der Waals surface area contributed by atoms with E-state index in [0.29, 0.717) is 5.82 Å². The number of nitrogens with two attached hydrogens (primary N) is 1. The zero-order chi connectivity index (χ0) is 9.26. The molecule has 0 aromatic carbocycles. The Labute approximate surface area is 79.2 Å². The molecule has 2 N–H and O–H groups in total. The maximum atomic E-state index is 5.90. The first-order chi connectivity index (χ1) is 6.27. The first-order valence-corrected chi connectivity index (χ1v) is 4.73. The van der Waals surface area contributed by atoms with E-state index < -0.39 is 0 Å². The van der Waals surface area contributed by atoms with Gasteiger partial charge in [0.2, 0.25) is 0 Å². The van der Waals surface area contributed by atoms with E-state index in [1.165, 1.54) is 4.80 Å². The fourth-order valence-corrected chi connectivity index (χ4v) is 1.72. The SMILES string of the molecule is Cn1nnc(C(N)c2ccsc2)n1. The number of hydrogen-bond donors (Lipinski definition) is 1. The van der Waals surface area contributed by atoms with Gasteiger partial charge in [-0.25, -0.2) is 0 Å². The molecule has 0 spiro atoms. The Bertz CT molecular complexity index is 379. The molecule has 0 aliphatic rings. The minimum atomic E-state index is -0.264. The first-order valence-electron chi connectivity index (χ1n) is 3.79. The molecule has 0 saturated carbocycles. The number of rotatable bonds is 2. The van der Waals surface area contributed by atoms with Gasteiger partial charge in [-0.3, -0.25) is 0 Å². The van der Waals surface area contributed by atoms with Gasteiger partial charge in [0, 0.05) is 0 Å². The van der Waals surface area contributed by atoms with E-state index in [-0.39, 0.29) is 6.04 Å². The van der Waals surface area contributed by atoms with Crippen LogP contribution in [0.2, 0.25) is 0 Å². The van der Waals surface area contributed by atoms with Crippen LogP contribution >= 0.6 is 11.3 Å². The van der Waals surface area contributed by atoms with E-state index in [2.05, 4.69) is 15.4 Å². The van der Waals surface area contributed by atoms with Gasteiger partial charge in [0.05, 0.1) is 13.1 Å². The third kappa shape index (κ3) is 1.58. The smallest absolute Gasteiger partial charge is 0.195 e. The van der Waals surface area contributed by atoms with Crippen LogP contribution in [0.1, 0.15) is 17.4 Å². The van der Waals surface area contributed by atoms with Gasteiger partial charge < -0.3 is 5.73 Å². The fraction of sp³-hybridized carbons (Fsp3) is 0.286. The van der Waals surface area contributed by atoms with Crippen LogP contribution in [-0.4, -0.2) is 20.2 Å². The third-order valence-electron chi connectivity index (χ3n) is 1.70. The molecule has 0 fully saturated rings. The number of tetrazole rings is 1. The van der Waals surface area contributed by atoms with Crippen molar-refractivity contribution in [2.24, 2.45) is 12.8 Å². The van der Waals surface area contributed by atoms with Gasteiger partial charge in [-0.05, 0) is 27.6 Å². The Kier molecular flexibility index (Phi) is 2.07. The molecule has 0 aliphatic carbocycles. The number of aryl methyl sites for hydroxylation is 1.